The summed E-state index contributed by atoms with van der Waals surface area (Å²) in [7, 11) is 0. The molecule has 0 atom stereocenters. The van der Waals surface area contributed by atoms with Crippen LogP contribution in [0.1, 0.15) is 34.3 Å². The molecule has 0 unspecified atom stereocenters. The van der Waals surface area contributed by atoms with Gasteiger partial charge in [0, 0.05) is 29.7 Å². The fourth-order valence-electron chi connectivity index (χ4n) is 3.54. The number of hydrogen-bond donors (Lipinski definition) is 1. The number of nitrogens with zero attached hydrogens (tertiary/aromatic N) is 2. The van der Waals surface area contributed by atoms with E-state index in [0.717, 1.165) is 32.4 Å². The van der Waals surface area contributed by atoms with Gasteiger partial charge in [-0.25, -0.2) is 4.98 Å². The van der Waals surface area contributed by atoms with Gasteiger partial charge in [0.15, 0.2) is 0 Å². The van der Waals surface area contributed by atoms with E-state index in [1.165, 1.54) is 11.8 Å². The minimum atomic E-state index is -0.0559. The second-order valence-corrected chi connectivity index (χ2v) is 8.38. The van der Waals surface area contributed by atoms with Gasteiger partial charge in [0.25, 0.3) is 5.91 Å². The lowest BCUT2D eigenvalue weighted by molar-refractivity contribution is -0.116. The molecule has 0 saturated carbocycles. The first-order chi connectivity index (χ1) is 14.5. The molecule has 3 aromatic rings. The molecule has 0 spiro atoms. The van der Waals surface area contributed by atoms with Crippen LogP contribution in [-0.4, -0.2) is 23.3 Å². The number of amides is 2. The zero-order valence-corrected chi connectivity index (χ0v) is 17.8. The number of nitrogens with one attached hydrogen (secondary N) is 1. The van der Waals surface area contributed by atoms with Gasteiger partial charge in [0.05, 0.1) is 11.3 Å². The van der Waals surface area contributed by atoms with Crippen LogP contribution in [-0.2, 0) is 4.79 Å². The molecule has 2 aromatic carbocycles. The minimum absolute atomic E-state index is 0.0505. The number of hydrogen-bond acceptors (Lipinski definition) is 4. The van der Waals surface area contributed by atoms with Crippen molar-refractivity contribution in [1.29, 1.82) is 0 Å². The molecule has 1 aliphatic rings. The summed E-state index contributed by atoms with van der Waals surface area (Å²) in [6.07, 6.45) is 2.63. The normalized spacial score (nSPS) is 12.7. The summed E-state index contributed by atoms with van der Waals surface area (Å²) < 4.78 is 0. The summed E-state index contributed by atoms with van der Waals surface area (Å²) in [5.74, 6) is -0.106. The van der Waals surface area contributed by atoms with Gasteiger partial charge in [-0.15, -0.1) is 0 Å². The third-order valence-electron chi connectivity index (χ3n) is 5.05. The lowest BCUT2D eigenvalue weighted by Gasteiger charge is -2.22. The van der Waals surface area contributed by atoms with Gasteiger partial charge < -0.3 is 10.2 Å². The molecule has 4 rings (SSSR count). The van der Waals surface area contributed by atoms with Gasteiger partial charge in [0.1, 0.15) is 5.03 Å². The van der Waals surface area contributed by atoms with Gasteiger partial charge in [-0.3, -0.25) is 9.59 Å². The molecule has 1 N–H and O–H groups in total. The van der Waals surface area contributed by atoms with Crippen LogP contribution in [0.15, 0.2) is 70.7 Å². The molecule has 6 heteroatoms. The van der Waals surface area contributed by atoms with Crippen LogP contribution < -0.4 is 10.2 Å². The van der Waals surface area contributed by atoms with Crippen molar-refractivity contribution in [3.8, 4) is 0 Å². The Morgan fingerprint density at radius 2 is 1.93 bits per heavy atom. The standard InChI is InChI=1S/C24H23N3O2S/c1-16-11-12-19(17(2)15-16)26-22(28)10-6-14-27-20-8-5-13-25-23(20)30-21-9-4-3-7-18(21)24(27)29/h3-5,7-9,11-13,15H,6,10,14H2,1-2H3,(H,26,28). The van der Waals surface area contributed by atoms with E-state index in [2.05, 4.69) is 10.3 Å². The highest BCUT2D eigenvalue weighted by atomic mass is 32.2. The summed E-state index contributed by atoms with van der Waals surface area (Å²) in [6, 6.07) is 17.3. The molecule has 152 valence electrons. The van der Waals surface area contributed by atoms with Crippen LogP contribution in [0.25, 0.3) is 0 Å². The van der Waals surface area contributed by atoms with Gasteiger partial charge in [0.2, 0.25) is 5.91 Å². The maximum absolute atomic E-state index is 13.2. The van der Waals surface area contributed by atoms with E-state index in [4.69, 9.17) is 0 Å². The Hall–Kier alpha value is -3.12. The van der Waals surface area contributed by atoms with Crippen molar-refractivity contribution in [2.75, 3.05) is 16.8 Å². The average molecular weight is 418 g/mol. The molecule has 1 aliphatic heterocycles. The number of carbonyl (C=O) groups excluding carboxylic acids is 2. The molecule has 2 heterocycles. The molecule has 0 aliphatic carbocycles. The zero-order valence-electron chi connectivity index (χ0n) is 17.0. The molecule has 30 heavy (non-hydrogen) atoms. The van der Waals surface area contributed by atoms with Gasteiger partial charge in [-0.05, 0) is 56.2 Å². The van der Waals surface area contributed by atoms with Crippen LogP contribution in [0.3, 0.4) is 0 Å². The van der Waals surface area contributed by atoms with E-state index in [0.29, 0.717) is 24.9 Å². The maximum atomic E-state index is 13.2. The second-order valence-electron chi connectivity index (χ2n) is 7.35. The third kappa shape index (κ3) is 4.24. The summed E-state index contributed by atoms with van der Waals surface area (Å²) in [5, 5.41) is 3.78. The average Bonchev–Trinajstić information content (AvgIpc) is 2.85. The smallest absolute Gasteiger partial charge is 0.259 e. The fourth-order valence-corrected chi connectivity index (χ4v) is 4.56. The summed E-state index contributed by atoms with van der Waals surface area (Å²) in [6.45, 7) is 4.46. The van der Waals surface area contributed by atoms with Crippen LogP contribution >= 0.6 is 11.8 Å². The van der Waals surface area contributed by atoms with E-state index in [1.807, 2.05) is 68.4 Å². The maximum Gasteiger partial charge on any atom is 0.259 e. The number of fused-ring (bicyclic) bond motifs is 2. The largest absolute Gasteiger partial charge is 0.326 e. The zero-order chi connectivity index (χ0) is 21.1. The highest BCUT2D eigenvalue weighted by Crippen LogP contribution is 2.39. The Balaban J connectivity index is 1.47. The van der Waals surface area contributed by atoms with E-state index in [1.54, 1.807) is 11.1 Å². The Kier molecular flexibility index (Phi) is 5.86. The number of anilines is 2. The van der Waals surface area contributed by atoms with Crippen molar-refractivity contribution in [3.63, 3.8) is 0 Å². The van der Waals surface area contributed by atoms with E-state index in [-0.39, 0.29) is 11.8 Å². The molecule has 0 bridgehead atoms. The van der Waals surface area contributed by atoms with Crippen molar-refractivity contribution in [2.45, 2.75) is 36.6 Å². The lowest BCUT2D eigenvalue weighted by Crippen LogP contribution is -2.32. The number of benzene rings is 2. The van der Waals surface area contributed by atoms with Crippen molar-refractivity contribution in [1.82, 2.24) is 4.98 Å². The fraction of sp³-hybridized carbons (Fsp3) is 0.208. The minimum Gasteiger partial charge on any atom is -0.326 e. The van der Waals surface area contributed by atoms with Crippen LogP contribution in [0.4, 0.5) is 11.4 Å². The molecule has 5 nitrogen and oxygen atoms in total. The molecule has 0 fully saturated rings. The van der Waals surface area contributed by atoms with Crippen LogP contribution in [0.5, 0.6) is 0 Å². The first-order valence-electron chi connectivity index (χ1n) is 9.94. The molecule has 0 saturated heterocycles. The van der Waals surface area contributed by atoms with Gasteiger partial charge in [-0.1, -0.05) is 41.6 Å². The van der Waals surface area contributed by atoms with Gasteiger partial charge in [-0.2, -0.15) is 0 Å². The summed E-state index contributed by atoms with van der Waals surface area (Å²) >= 11 is 1.50. The number of aromatic nitrogens is 1. The van der Waals surface area contributed by atoms with Crippen molar-refractivity contribution < 1.29 is 9.59 Å². The Morgan fingerprint density at radius 1 is 1.10 bits per heavy atom. The number of aryl methyl sites for hydroxylation is 2. The SMILES string of the molecule is Cc1ccc(NC(=O)CCCN2C(=O)c3ccccc3Sc3ncccc32)c(C)c1. The van der Waals surface area contributed by atoms with E-state index < -0.39 is 0 Å². The van der Waals surface area contributed by atoms with Crippen LogP contribution in [0.2, 0.25) is 0 Å². The highest BCUT2D eigenvalue weighted by Gasteiger charge is 2.27. The molecule has 2 amide bonds. The Bertz CT molecular complexity index is 1110. The topological polar surface area (TPSA) is 62.3 Å². The monoisotopic (exact) mass is 417 g/mol. The van der Waals surface area contributed by atoms with Gasteiger partial charge >= 0.3 is 0 Å². The molecular weight excluding hydrogens is 394 g/mol. The lowest BCUT2D eigenvalue weighted by atomic mass is 10.1. The van der Waals surface area contributed by atoms with Crippen molar-refractivity contribution >= 4 is 35.0 Å². The second kappa shape index (κ2) is 8.71. The van der Waals surface area contributed by atoms with Crippen molar-refractivity contribution in [2.24, 2.45) is 0 Å². The first-order valence-corrected chi connectivity index (χ1v) is 10.8. The highest BCUT2D eigenvalue weighted by molar-refractivity contribution is 7.99. The predicted octanol–water partition coefficient (Wildman–Crippen LogP) is 5.23. The number of pyridine rings is 1. The summed E-state index contributed by atoms with van der Waals surface area (Å²) in [4.78, 5) is 32.8. The summed E-state index contributed by atoms with van der Waals surface area (Å²) in [5.41, 5.74) is 4.49. The predicted molar refractivity (Wildman–Crippen MR) is 120 cm³/mol. The van der Waals surface area contributed by atoms with Crippen molar-refractivity contribution in [3.05, 3.63) is 77.5 Å². The molecular formula is C24H23N3O2S. The molecule has 1 aromatic heterocycles. The Labute approximate surface area is 180 Å². The first kappa shape index (κ1) is 20.2. The molecule has 0 radical (unpaired) electrons. The van der Waals surface area contributed by atoms with E-state index in [9.17, 15) is 9.59 Å². The van der Waals surface area contributed by atoms with E-state index >= 15 is 0 Å². The quantitative estimate of drug-likeness (QED) is 0.618. The Morgan fingerprint density at radius 3 is 2.77 bits per heavy atom. The number of rotatable bonds is 5. The third-order valence-corrected chi connectivity index (χ3v) is 6.14. The number of carbonyl (C=O) groups is 2. The van der Waals surface area contributed by atoms with Crippen LogP contribution in [0, 0.1) is 13.8 Å².